The molecular formula is C10H10Cl2N2S. The van der Waals surface area contributed by atoms with Crippen LogP contribution in [0.3, 0.4) is 0 Å². The van der Waals surface area contributed by atoms with Crippen molar-refractivity contribution in [1.82, 2.24) is 4.98 Å². The van der Waals surface area contributed by atoms with Crippen LogP contribution in [0.4, 0.5) is 0 Å². The number of nitrogens with two attached hydrogens (primary N) is 1. The van der Waals surface area contributed by atoms with Gasteiger partial charge < -0.3 is 5.73 Å². The Labute approximate surface area is 104 Å². The molecule has 0 aliphatic rings. The molecule has 15 heavy (non-hydrogen) atoms. The van der Waals surface area contributed by atoms with Crippen molar-refractivity contribution in [2.75, 3.05) is 0 Å². The van der Waals surface area contributed by atoms with E-state index in [-0.39, 0.29) is 12.4 Å². The summed E-state index contributed by atoms with van der Waals surface area (Å²) in [6, 6.07) is 7.71. The van der Waals surface area contributed by atoms with E-state index in [4.69, 9.17) is 17.3 Å². The average Bonchev–Trinajstić information content (AvgIpc) is 2.67. The molecule has 2 nitrogen and oxygen atoms in total. The Bertz CT molecular complexity index is 425. The lowest BCUT2D eigenvalue weighted by molar-refractivity contribution is 1.01. The SMILES string of the molecule is Cl.NCc1ncsc1-c1ccc(Cl)cc1. The smallest absolute Gasteiger partial charge is 0.0802 e. The van der Waals surface area contributed by atoms with E-state index in [1.165, 1.54) is 0 Å². The van der Waals surface area contributed by atoms with Gasteiger partial charge in [-0.2, -0.15) is 0 Å². The predicted octanol–water partition coefficient (Wildman–Crippen LogP) is 3.34. The Morgan fingerprint density at radius 1 is 1.27 bits per heavy atom. The van der Waals surface area contributed by atoms with Crippen LogP contribution in [0.15, 0.2) is 29.8 Å². The molecule has 0 unspecified atom stereocenters. The van der Waals surface area contributed by atoms with E-state index in [0.717, 1.165) is 21.2 Å². The van der Waals surface area contributed by atoms with Gasteiger partial charge >= 0.3 is 0 Å². The van der Waals surface area contributed by atoms with Crippen LogP contribution in [0.2, 0.25) is 5.02 Å². The molecule has 0 aliphatic heterocycles. The molecule has 0 saturated heterocycles. The maximum atomic E-state index is 5.81. The third-order valence-electron chi connectivity index (χ3n) is 1.94. The van der Waals surface area contributed by atoms with E-state index < -0.39 is 0 Å². The van der Waals surface area contributed by atoms with Gasteiger partial charge in [0.15, 0.2) is 0 Å². The average molecular weight is 261 g/mol. The maximum Gasteiger partial charge on any atom is 0.0802 e. The molecule has 2 rings (SSSR count). The highest BCUT2D eigenvalue weighted by Crippen LogP contribution is 2.28. The van der Waals surface area contributed by atoms with Gasteiger partial charge in [0, 0.05) is 11.6 Å². The van der Waals surface area contributed by atoms with Crippen LogP contribution < -0.4 is 5.73 Å². The number of benzene rings is 1. The Morgan fingerprint density at radius 2 is 1.93 bits per heavy atom. The first-order valence-corrected chi connectivity index (χ1v) is 5.45. The fourth-order valence-electron chi connectivity index (χ4n) is 1.25. The minimum atomic E-state index is 0. The van der Waals surface area contributed by atoms with E-state index in [2.05, 4.69) is 4.98 Å². The highest BCUT2D eigenvalue weighted by Gasteiger charge is 2.06. The number of thiazole rings is 1. The Balaban J connectivity index is 0.00000112. The van der Waals surface area contributed by atoms with E-state index in [1.54, 1.807) is 11.3 Å². The number of hydrogen-bond acceptors (Lipinski definition) is 3. The molecule has 0 spiro atoms. The maximum absolute atomic E-state index is 5.81. The first-order chi connectivity index (χ1) is 6.81. The van der Waals surface area contributed by atoms with Crippen LogP contribution in [0.1, 0.15) is 5.69 Å². The molecule has 0 radical (unpaired) electrons. The summed E-state index contributed by atoms with van der Waals surface area (Å²) in [7, 11) is 0. The third kappa shape index (κ3) is 2.69. The minimum Gasteiger partial charge on any atom is -0.325 e. The van der Waals surface area contributed by atoms with Gasteiger partial charge in [0.2, 0.25) is 0 Å². The molecule has 2 aromatic rings. The zero-order valence-corrected chi connectivity index (χ0v) is 10.2. The third-order valence-corrected chi connectivity index (χ3v) is 3.11. The van der Waals surface area contributed by atoms with Crippen LogP contribution in [0.5, 0.6) is 0 Å². The Morgan fingerprint density at radius 3 is 2.53 bits per heavy atom. The first-order valence-electron chi connectivity index (χ1n) is 4.19. The molecule has 80 valence electrons. The summed E-state index contributed by atoms with van der Waals surface area (Å²) in [5.41, 5.74) is 9.46. The van der Waals surface area contributed by atoms with Crippen molar-refractivity contribution in [1.29, 1.82) is 0 Å². The molecule has 1 heterocycles. The summed E-state index contributed by atoms with van der Waals surface area (Å²) in [5, 5.41) is 0.743. The van der Waals surface area contributed by atoms with Gasteiger partial charge in [0.1, 0.15) is 0 Å². The fraction of sp³-hybridized carbons (Fsp3) is 0.100. The molecule has 1 aromatic heterocycles. The highest BCUT2D eigenvalue weighted by atomic mass is 35.5. The molecule has 2 N–H and O–H groups in total. The van der Waals surface area contributed by atoms with Crippen LogP contribution >= 0.6 is 35.3 Å². The Kier molecular flexibility index (Phi) is 4.54. The highest BCUT2D eigenvalue weighted by molar-refractivity contribution is 7.13. The van der Waals surface area contributed by atoms with Crippen molar-refractivity contribution >= 4 is 35.3 Å². The van der Waals surface area contributed by atoms with Gasteiger partial charge in [-0.15, -0.1) is 23.7 Å². The molecule has 5 heteroatoms. The summed E-state index contributed by atoms with van der Waals surface area (Å²) >= 11 is 7.41. The van der Waals surface area contributed by atoms with Crippen molar-refractivity contribution in [2.24, 2.45) is 5.73 Å². The lowest BCUT2D eigenvalue weighted by atomic mass is 10.1. The summed E-state index contributed by atoms with van der Waals surface area (Å²) in [6.45, 7) is 0.474. The van der Waals surface area contributed by atoms with Crippen molar-refractivity contribution < 1.29 is 0 Å². The van der Waals surface area contributed by atoms with Crippen LogP contribution in [-0.4, -0.2) is 4.98 Å². The lowest BCUT2D eigenvalue weighted by Gasteiger charge is -1.99. The zero-order chi connectivity index (χ0) is 9.97. The largest absolute Gasteiger partial charge is 0.325 e. The molecule has 0 saturated carbocycles. The van der Waals surface area contributed by atoms with Gasteiger partial charge in [-0.05, 0) is 17.7 Å². The number of nitrogens with zero attached hydrogens (tertiary/aromatic N) is 1. The van der Waals surface area contributed by atoms with Crippen LogP contribution in [-0.2, 0) is 6.54 Å². The molecule has 0 fully saturated rings. The lowest BCUT2D eigenvalue weighted by Crippen LogP contribution is -1.97. The normalized spacial score (nSPS) is 9.73. The van der Waals surface area contributed by atoms with Crippen molar-refractivity contribution in [2.45, 2.75) is 6.54 Å². The van der Waals surface area contributed by atoms with Crippen LogP contribution in [0, 0.1) is 0 Å². The molecule has 0 aliphatic carbocycles. The van der Waals surface area contributed by atoms with E-state index in [1.807, 2.05) is 29.8 Å². The van der Waals surface area contributed by atoms with Crippen LogP contribution in [0.25, 0.3) is 10.4 Å². The molecular weight excluding hydrogens is 251 g/mol. The molecule has 1 aromatic carbocycles. The fourth-order valence-corrected chi connectivity index (χ4v) is 2.21. The molecule has 0 atom stereocenters. The zero-order valence-electron chi connectivity index (χ0n) is 7.81. The topological polar surface area (TPSA) is 38.9 Å². The van der Waals surface area contributed by atoms with Crippen molar-refractivity contribution in [3.8, 4) is 10.4 Å². The van der Waals surface area contributed by atoms with E-state index in [9.17, 15) is 0 Å². The quantitative estimate of drug-likeness (QED) is 0.900. The standard InChI is InChI=1S/C10H9ClN2S.ClH/c11-8-3-1-7(2-4-8)10-9(5-12)13-6-14-10;/h1-4,6H,5,12H2;1H. The van der Waals surface area contributed by atoms with Gasteiger partial charge in [-0.25, -0.2) is 4.98 Å². The summed E-state index contributed by atoms with van der Waals surface area (Å²) in [5.74, 6) is 0. The monoisotopic (exact) mass is 260 g/mol. The second-order valence-corrected chi connectivity index (χ2v) is 4.13. The summed E-state index contributed by atoms with van der Waals surface area (Å²) in [4.78, 5) is 5.32. The Hall–Kier alpha value is -0.610. The van der Waals surface area contributed by atoms with E-state index in [0.29, 0.717) is 6.54 Å². The van der Waals surface area contributed by atoms with Gasteiger partial charge in [-0.1, -0.05) is 23.7 Å². The number of aromatic nitrogens is 1. The molecule has 0 bridgehead atoms. The molecule has 0 amide bonds. The van der Waals surface area contributed by atoms with Gasteiger partial charge in [0.05, 0.1) is 16.1 Å². The van der Waals surface area contributed by atoms with Gasteiger partial charge in [0.25, 0.3) is 0 Å². The number of rotatable bonds is 2. The summed E-state index contributed by atoms with van der Waals surface area (Å²) in [6.07, 6.45) is 0. The van der Waals surface area contributed by atoms with Crippen molar-refractivity contribution in [3.63, 3.8) is 0 Å². The summed E-state index contributed by atoms with van der Waals surface area (Å²) < 4.78 is 0. The predicted molar refractivity (Wildman–Crippen MR) is 67.7 cm³/mol. The minimum absolute atomic E-state index is 0. The number of halogens is 2. The number of hydrogen-bond donors (Lipinski definition) is 1. The van der Waals surface area contributed by atoms with Gasteiger partial charge in [-0.3, -0.25) is 0 Å². The van der Waals surface area contributed by atoms with E-state index >= 15 is 0 Å². The second kappa shape index (κ2) is 5.47. The first kappa shape index (κ1) is 12.5. The second-order valence-electron chi connectivity index (χ2n) is 2.84. The van der Waals surface area contributed by atoms with Crippen molar-refractivity contribution in [3.05, 3.63) is 40.5 Å².